The largest absolute Gasteiger partial charge is 0.317 e. The van der Waals surface area contributed by atoms with E-state index in [4.69, 9.17) is 4.98 Å². The average molecular weight is 447 g/mol. The van der Waals surface area contributed by atoms with Gasteiger partial charge in [0.2, 0.25) is 5.91 Å². The molecule has 29 heavy (non-hydrogen) atoms. The number of rotatable bonds is 7. The number of nitrogens with zero attached hydrogens (tertiary/aromatic N) is 1. The molecule has 0 aliphatic carbocycles. The third kappa shape index (κ3) is 4.67. The summed E-state index contributed by atoms with van der Waals surface area (Å²) < 4.78 is 1.19. The quantitative estimate of drug-likeness (QED) is 0.458. The number of thiazole rings is 1. The average Bonchev–Trinajstić information content (AvgIpc) is 3.27. The van der Waals surface area contributed by atoms with Crippen LogP contribution in [0.5, 0.6) is 0 Å². The molecule has 154 valence electrons. The molecule has 1 amide bonds. The van der Waals surface area contributed by atoms with Gasteiger partial charge in [0.05, 0.1) is 10.2 Å². The lowest BCUT2D eigenvalue weighted by molar-refractivity contribution is -0.116. The molecule has 0 saturated carbocycles. The Labute approximate surface area is 183 Å². The van der Waals surface area contributed by atoms with Crippen molar-refractivity contribution in [1.82, 2.24) is 15.6 Å². The Kier molecular flexibility index (Phi) is 6.56. The van der Waals surface area contributed by atoms with Crippen LogP contribution >= 0.6 is 34.4 Å². The Morgan fingerprint density at radius 3 is 3.00 bits per heavy atom. The van der Waals surface area contributed by atoms with Crippen LogP contribution in [0.25, 0.3) is 20.8 Å². The number of benzene rings is 1. The molecule has 4 rings (SSSR count). The van der Waals surface area contributed by atoms with E-state index in [0.29, 0.717) is 19.0 Å². The van der Waals surface area contributed by atoms with Gasteiger partial charge in [-0.05, 0) is 43.0 Å². The Morgan fingerprint density at radius 1 is 1.34 bits per heavy atom. The molecule has 0 bridgehead atoms. The maximum absolute atomic E-state index is 12.6. The van der Waals surface area contributed by atoms with Crippen LogP contribution in [0.3, 0.4) is 0 Å². The number of thioether (sulfide) groups is 1. The molecule has 5 nitrogen and oxygen atoms in total. The fraction of sp³-hybridized carbons (Fsp3) is 0.429. The Hall–Kier alpha value is -1.45. The van der Waals surface area contributed by atoms with Gasteiger partial charge in [-0.25, -0.2) is 4.98 Å². The number of anilines is 1. The minimum atomic E-state index is 0.0525. The topological polar surface area (TPSA) is 66.1 Å². The third-order valence-corrected chi connectivity index (χ3v) is 7.82. The monoisotopic (exact) mass is 446 g/mol. The maximum Gasteiger partial charge on any atom is 0.226 e. The van der Waals surface area contributed by atoms with Crippen molar-refractivity contribution in [3.05, 3.63) is 28.6 Å². The summed E-state index contributed by atoms with van der Waals surface area (Å²) in [7, 11) is 0. The molecule has 1 aliphatic heterocycles. The van der Waals surface area contributed by atoms with Gasteiger partial charge in [0.15, 0.2) is 0 Å². The highest BCUT2D eigenvalue weighted by Crippen LogP contribution is 2.45. The predicted molar refractivity (Wildman–Crippen MR) is 127 cm³/mol. The van der Waals surface area contributed by atoms with Gasteiger partial charge in [0, 0.05) is 40.9 Å². The SMILES string of the molecule is CSc1ccc2sc(-c3c(NC(=O)CCNC(C)C)sc4c3CCNC4)nc2c1. The van der Waals surface area contributed by atoms with E-state index >= 15 is 0 Å². The van der Waals surface area contributed by atoms with Crippen molar-refractivity contribution in [2.45, 2.75) is 44.2 Å². The van der Waals surface area contributed by atoms with Crippen molar-refractivity contribution in [1.29, 1.82) is 0 Å². The first-order chi connectivity index (χ1) is 14.0. The van der Waals surface area contributed by atoms with Crippen LogP contribution in [0.1, 0.15) is 30.7 Å². The van der Waals surface area contributed by atoms with Gasteiger partial charge < -0.3 is 16.0 Å². The first-order valence-corrected chi connectivity index (χ1v) is 12.7. The van der Waals surface area contributed by atoms with Crippen LogP contribution in [0.15, 0.2) is 23.1 Å². The summed E-state index contributed by atoms with van der Waals surface area (Å²) in [5.41, 5.74) is 3.50. The van der Waals surface area contributed by atoms with Crippen molar-refractivity contribution in [2.24, 2.45) is 0 Å². The van der Waals surface area contributed by atoms with E-state index in [1.165, 1.54) is 20.0 Å². The molecule has 1 aliphatic rings. The van der Waals surface area contributed by atoms with E-state index in [0.717, 1.165) is 40.6 Å². The van der Waals surface area contributed by atoms with E-state index in [1.807, 2.05) is 0 Å². The molecule has 0 saturated heterocycles. The zero-order chi connectivity index (χ0) is 20.4. The third-order valence-electron chi connectivity index (χ3n) is 4.89. The van der Waals surface area contributed by atoms with Gasteiger partial charge in [0.1, 0.15) is 10.0 Å². The highest BCUT2D eigenvalue weighted by Gasteiger charge is 2.25. The first-order valence-electron chi connectivity index (χ1n) is 9.88. The molecule has 8 heteroatoms. The molecule has 0 spiro atoms. The number of hydrogen-bond acceptors (Lipinski definition) is 7. The smallest absolute Gasteiger partial charge is 0.226 e. The fourth-order valence-electron chi connectivity index (χ4n) is 3.45. The molecule has 3 aromatic rings. The van der Waals surface area contributed by atoms with Crippen molar-refractivity contribution < 1.29 is 4.79 Å². The van der Waals surface area contributed by atoms with E-state index in [9.17, 15) is 4.79 Å². The van der Waals surface area contributed by atoms with Gasteiger partial charge >= 0.3 is 0 Å². The predicted octanol–water partition coefficient (Wildman–Crippen LogP) is 4.72. The minimum Gasteiger partial charge on any atom is -0.317 e. The molecule has 0 radical (unpaired) electrons. The summed E-state index contributed by atoms with van der Waals surface area (Å²) in [6.07, 6.45) is 3.52. The number of carbonyl (C=O) groups is 1. The standard InChI is InChI=1S/C21H26N4OS3/c1-12(2)23-9-7-18(26)25-21-19(14-6-8-22-11-17(14)29-21)20-24-15-10-13(27-3)4-5-16(15)28-20/h4-5,10,12,22-23H,6-9,11H2,1-3H3,(H,25,26). The van der Waals surface area contributed by atoms with Crippen molar-refractivity contribution in [2.75, 3.05) is 24.7 Å². The molecule has 0 fully saturated rings. The number of amides is 1. The Morgan fingerprint density at radius 2 is 2.21 bits per heavy atom. The number of thiophene rings is 1. The van der Waals surface area contributed by atoms with Gasteiger partial charge in [-0.15, -0.1) is 34.4 Å². The van der Waals surface area contributed by atoms with Crippen LogP contribution in [-0.2, 0) is 17.8 Å². The number of nitrogens with one attached hydrogen (secondary N) is 3. The molecule has 2 aromatic heterocycles. The van der Waals surface area contributed by atoms with E-state index < -0.39 is 0 Å². The zero-order valence-electron chi connectivity index (χ0n) is 16.9. The van der Waals surface area contributed by atoms with E-state index in [1.54, 1.807) is 34.4 Å². The second-order valence-electron chi connectivity index (χ2n) is 7.39. The first kappa shape index (κ1) is 20.8. The summed E-state index contributed by atoms with van der Waals surface area (Å²) in [5.74, 6) is 0.0525. The van der Waals surface area contributed by atoms with Crippen LogP contribution < -0.4 is 16.0 Å². The fourth-order valence-corrected chi connectivity index (χ4v) is 6.21. The molecule has 3 heterocycles. The van der Waals surface area contributed by atoms with Gasteiger partial charge in [-0.2, -0.15) is 0 Å². The van der Waals surface area contributed by atoms with E-state index in [-0.39, 0.29) is 5.91 Å². The number of aromatic nitrogens is 1. The summed E-state index contributed by atoms with van der Waals surface area (Å²) in [4.78, 5) is 20.0. The highest BCUT2D eigenvalue weighted by atomic mass is 32.2. The summed E-state index contributed by atoms with van der Waals surface area (Å²) in [5, 5.41) is 11.9. The van der Waals surface area contributed by atoms with Gasteiger partial charge in [-0.1, -0.05) is 13.8 Å². The van der Waals surface area contributed by atoms with Gasteiger partial charge in [0.25, 0.3) is 0 Å². The number of fused-ring (bicyclic) bond motifs is 2. The number of hydrogen-bond donors (Lipinski definition) is 3. The second kappa shape index (κ2) is 9.14. The highest BCUT2D eigenvalue weighted by molar-refractivity contribution is 7.98. The summed E-state index contributed by atoms with van der Waals surface area (Å²) in [6.45, 7) is 6.69. The van der Waals surface area contributed by atoms with Crippen molar-refractivity contribution in [3.8, 4) is 10.6 Å². The van der Waals surface area contributed by atoms with Crippen LogP contribution in [0.4, 0.5) is 5.00 Å². The molecule has 1 aromatic carbocycles. The van der Waals surface area contributed by atoms with Crippen molar-refractivity contribution >= 4 is 55.6 Å². The second-order valence-corrected chi connectivity index (χ2v) is 10.4. The Bertz CT molecular complexity index is 1020. The maximum atomic E-state index is 12.6. The molecule has 3 N–H and O–H groups in total. The lowest BCUT2D eigenvalue weighted by atomic mass is 10.0. The zero-order valence-corrected chi connectivity index (χ0v) is 19.4. The molecular formula is C21H26N4OS3. The van der Waals surface area contributed by atoms with Crippen LogP contribution in [0.2, 0.25) is 0 Å². The lowest BCUT2D eigenvalue weighted by Crippen LogP contribution is -2.27. The Balaban J connectivity index is 1.66. The summed E-state index contributed by atoms with van der Waals surface area (Å²) in [6, 6.07) is 6.83. The molecule has 0 atom stereocenters. The minimum absolute atomic E-state index is 0.0525. The molecular weight excluding hydrogens is 420 g/mol. The summed E-state index contributed by atoms with van der Waals surface area (Å²) >= 11 is 5.13. The van der Waals surface area contributed by atoms with Crippen molar-refractivity contribution in [3.63, 3.8) is 0 Å². The van der Waals surface area contributed by atoms with Gasteiger partial charge in [-0.3, -0.25) is 4.79 Å². The van der Waals surface area contributed by atoms with E-state index in [2.05, 4.69) is 54.3 Å². The normalized spacial score (nSPS) is 13.8. The number of carbonyl (C=O) groups excluding carboxylic acids is 1. The van der Waals surface area contributed by atoms with Crippen LogP contribution in [-0.4, -0.2) is 36.3 Å². The lowest BCUT2D eigenvalue weighted by Gasteiger charge is -2.13. The van der Waals surface area contributed by atoms with Crippen LogP contribution in [0, 0.1) is 0 Å². The molecule has 0 unspecified atom stereocenters.